The minimum Gasteiger partial charge on any atom is -0.493 e. The topological polar surface area (TPSA) is 48.0 Å². The summed E-state index contributed by atoms with van der Waals surface area (Å²) < 4.78 is 28.8. The summed E-state index contributed by atoms with van der Waals surface area (Å²) in [4.78, 5) is 14.1. The van der Waals surface area contributed by atoms with E-state index in [9.17, 15) is 9.18 Å². The lowest BCUT2D eigenvalue weighted by atomic mass is 10.1. The minimum absolute atomic E-state index is 0.0707. The summed E-state index contributed by atoms with van der Waals surface area (Å²) in [5.41, 5.74) is 1.62. The molecule has 0 aliphatic heterocycles. The molecule has 0 saturated heterocycles. The molecule has 0 heterocycles. The molecule has 0 fully saturated rings. The van der Waals surface area contributed by atoms with Gasteiger partial charge in [-0.15, -0.1) is 0 Å². The number of benzene rings is 2. The van der Waals surface area contributed by atoms with Gasteiger partial charge in [-0.3, -0.25) is 4.79 Å². The summed E-state index contributed by atoms with van der Waals surface area (Å²) in [6.07, 6.45) is 0.189. The zero-order valence-electron chi connectivity index (χ0n) is 14.8. The Morgan fingerprint density at radius 1 is 0.960 bits per heavy atom. The Labute approximate surface area is 146 Å². The lowest BCUT2D eigenvalue weighted by molar-refractivity contribution is -0.129. The molecule has 5 nitrogen and oxygen atoms in total. The number of nitrogens with zero attached hydrogens (tertiary/aromatic N) is 1. The van der Waals surface area contributed by atoms with Crippen LogP contribution in [-0.4, -0.2) is 39.2 Å². The van der Waals surface area contributed by atoms with Crippen LogP contribution in [0.15, 0.2) is 36.4 Å². The van der Waals surface area contributed by atoms with E-state index in [2.05, 4.69) is 0 Å². The monoisotopic (exact) mass is 347 g/mol. The molecule has 0 radical (unpaired) electrons. The highest BCUT2D eigenvalue weighted by Gasteiger charge is 2.16. The number of amides is 1. The van der Waals surface area contributed by atoms with Gasteiger partial charge in [-0.05, 0) is 35.4 Å². The van der Waals surface area contributed by atoms with Gasteiger partial charge in [-0.1, -0.05) is 12.1 Å². The number of ether oxygens (including phenoxy) is 3. The summed E-state index contributed by atoms with van der Waals surface area (Å²) in [5.74, 6) is 1.13. The zero-order chi connectivity index (χ0) is 18.4. The molecule has 6 heteroatoms. The van der Waals surface area contributed by atoms with Gasteiger partial charge < -0.3 is 19.1 Å². The Morgan fingerprint density at radius 3 is 2.00 bits per heavy atom. The third-order valence-corrected chi connectivity index (χ3v) is 3.84. The first-order valence-electron chi connectivity index (χ1n) is 7.75. The Hall–Kier alpha value is -2.76. The number of likely N-dealkylation sites (N-methyl/N-ethyl adjacent to an activating group) is 1. The maximum atomic E-state index is 13.0. The van der Waals surface area contributed by atoms with Gasteiger partial charge in [-0.2, -0.15) is 0 Å². The summed E-state index contributed by atoms with van der Waals surface area (Å²) in [6.45, 7) is 0.406. The molecule has 0 N–H and O–H groups in total. The Balaban J connectivity index is 2.12. The van der Waals surface area contributed by atoms with Gasteiger partial charge in [0, 0.05) is 13.6 Å². The van der Waals surface area contributed by atoms with E-state index in [0.717, 1.165) is 11.1 Å². The highest BCUT2D eigenvalue weighted by molar-refractivity contribution is 5.79. The summed E-state index contributed by atoms with van der Waals surface area (Å²) in [6, 6.07) is 9.60. The van der Waals surface area contributed by atoms with E-state index in [1.54, 1.807) is 36.2 Å². The first-order chi connectivity index (χ1) is 12.0. The fourth-order valence-electron chi connectivity index (χ4n) is 2.50. The van der Waals surface area contributed by atoms with Crippen LogP contribution in [0.25, 0.3) is 0 Å². The van der Waals surface area contributed by atoms with Crippen LogP contribution in [0.3, 0.4) is 0 Å². The normalized spacial score (nSPS) is 10.3. The number of hydrogen-bond donors (Lipinski definition) is 0. The van der Waals surface area contributed by atoms with Crippen LogP contribution in [-0.2, 0) is 17.8 Å². The summed E-state index contributed by atoms with van der Waals surface area (Å²) in [7, 11) is 6.30. The standard InChI is InChI=1S/C19H22FNO4/c1-21(12-13-5-7-15(20)8-6-13)18(22)11-14-9-16(23-2)19(25-4)17(10-14)24-3/h5-10H,11-12H2,1-4H3. The second kappa shape index (κ2) is 8.37. The van der Waals surface area contributed by atoms with Gasteiger partial charge in [0.25, 0.3) is 0 Å². The van der Waals surface area contributed by atoms with Crippen LogP contribution in [0.1, 0.15) is 11.1 Å². The van der Waals surface area contributed by atoms with Crippen molar-refractivity contribution < 1.29 is 23.4 Å². The molecule has 0 aliphatic carbocycles. The Morgan fingerprint density at radius 2 is 1.52 bits per heavy atom. The van der Waals surface area contributed by atoms with Crippen molar-refractivity contribution in [3.8, 4) is 17.2 Å². The van der Waals surface area contributed by atoms with E-state index in [1.807, 2.05) is 0 Å². The number of carbonyl (C=O) groups is 1. The number of rotatable bonds is 7. The molecular weight excluding hydrogens is 325 g/mol. The quantitative estimate of drug-likeness (QED) is 0.772. The van der Waals surface area contributed by atoms with E-state index in [-0.39, 0.29) is 18.1 Å². The zero-order valence-corrected chi connectivity index (χ0v) is 14.8. The van der Waals surface area contributed by atoms with E-state index in [0.29, 0.717) is 23.8 Å². The van der Waals surface area contributed by atoms with E-state index in [1.165, 1.54) is 33.5 Å². The average Bonchev–Trinajstić information content (AvgIpc) is 2.62. The molecule has 25 heavy (non-hydrogen) atoms. The third kappa shape index (κ3) is 4.62. The maximum Gasteiger partial charge on any atom is 0.227 e. The van der Waals surface area contributed by atoms with Crippen molar-refractivity contribution in [2.24, 2.45) is 0 Å². The molecule has 0 bridgehead atoms. The predicted octanol–water partition coefficient (Wildman–Crippen LogP) is 3.05. The lowest BCUT2D eigenvalue weighted by Crippen LogP contribution is -2.27. The van der Waals surface area contributed by atoms with Crippen molar-refractivity contribution in [3.05, 3.63) is 53.3 Å². The van der Waals surface area contributed by atoms with Crippen molar-refractivity contribution in [2.45, 2.75) is 13.0 Å². The first kappa shape index (κ1) is 18.6. The van der Waals surface area contributed by atoms with Crippen LogP contribution in [0, 0.1) is 5.82 Å². The molecule has 134 valence electrons. The van der Waals surface area contributed by atoms with Crippen molar-refractivity contribution >= 4 is 5.91 Å². The average molecular weight is 347 g/mol. The third-order valence-electron chi connectivity index (χ3n) is 3.84. The largest absolute Gasteiger partial charge is 0.493 e. The molecule has 0 unspecified atom stereocenters. The maximum absolute atomic E-state index is 13.0. The lowest BCUT2D eigenvalue weighted by Gasteiger charge is -2.18. The van der Waals surface area contributed by atoms with Crippen LogP contribution >= 0.6 is 0 Å². The second-order valence-corrected chi connectivity index (χ2v) is 5.59. The number of carbonyl (C=O) groups excluding carboxylic acids is 1. The number of halogens is 1. The van der Waals surface area contributed by atoms with Crippen molar-refractivity contribution in [1.29, 1.82) is 0 Å². The molecule has 0 aromatic heterocycles. The molecule has 2 rings (SSSR count). The SMILES string of the molecule is COc1cc(CC(=O)N(C)Cc2ccc(F)cc2)cc(OC)c1OC. The molecule has 0 atom stereocenters. The van der Waals surface area contributed by atoms with Gasteiger partial charge in [0.2, 0.25) is 11.7 Å². The minimum atomic E-state index is -0.296. The molecule has 0 spiro atoms. The molecular formula is C19H22FNO4. The number of hydrogen-bond acceptors (Lipinski definition) is 4. The van der Waals surface area contributed by atoms with Crippen LogP contribution in [0.4, 0.5) is 4.39 Å². The molecule has 2 aromatic rings. The highest BCUT2D eigenvalue weighted by Crippen LogP contribution is 2.38. The van der Waals surface area contributed by atoms with Gasteiger partial charge in [0.1, 0.15) is 5.82 Å². The summed E-state index contributed by atoms with van der Waals surface area (Å²) >= 11 is 0. The van der Waals surface area contributed by atoms with Gasteiger partial charge in [0.15, 0.2) is 11.5 Å². The molecule has 0 saturated carbocycles. The Kier molecular flexibility index (Phi) is 6.22. The Bertz CT molecular complexity index is 706. The molecule has 0 aliphatic rings. The fraction of sp³-hybridized carbons (Fsp3) is 0.316. The first-order valence-corrected chi connectivity index (χ1v) is 7.75. The second-order valence-electron chi connectivity index (χ2n) is 5.59. The fourth-order valence-corrected chi connectivity index (χ4v) is 2.50. The van der Waals surface area contributed by atoms with Crippen molar-refractivity contribution in [3.63, 3.8) is 0 Å². The van der Waals surface area contributed by atoms with Gasteiger partial charge in [-0.25, -0.2) is 4.39 Å². The van der Waals surface area contributed by atoms with E-state index < -0.39 is 0 Å². The molecule has 2 aromatic carbocycles. The van der Waals surface area contributed by atoms with Gasteiger partial charge >= 0.3 is 0 Å². The predicted molar refractivity (Wildman–Crippen MR) is 92.7 cm³/mol. The smallest absolute Gasteiger partial charge is 0.227 e. The van der Waals surface area contributed by atoms with Crippen molar-refractivity contribution in [1.82, 2.24) is 4.90 Å². The van der Waals surface area contributed by atoms with E-state index in [4.69, 9.17) is 14.2 Å². The van der Waals surface area contributed by atoms with Crippen LogP contribution in [0.5, 0.6) is 17.2 Å². The number of methoxy groups -OCH3 is 3. The van der Waals surface area contributed by atoms with Gasteiger partial charge in [0.05, 0.1) is 27.8 Å². The van der Waals surface area contributed by atoms with Crippen molar-refractivity contribution in [2.75, 3.05) is 28.4 Å². The highest BCUT2D eigenvalue weighted by atomic mass is 19.1. The van der Waals surface area contributed by atoms with Crippen LogP contribution < -0.4 is 14.2 Å². The van der Waals surface area contributed by atoms with E-state index >= 15 is 0 Å². The van der Waals surface area contributed by atoms with Crippen LogP contribution in [0.2, 0.25) is 0 Å². The molecule has 1 amide bonds. The summed E-state index contributed by atoms with van der Waals surface area (Å²) in [5, 5.41) is 0.